The number of furan rings is 1. The molecule has 11 aromatic rings. The van der Waals surface area contributed by atoms with Crippen LogP contribution in [-0.2, 0) is 5.41 Å². The molecule has 0 amide bonds. The molecule has 61 heavy (non-hydrogen) atoms. The molecule has 0 atom stereocenters. The number of benzene rings is 9. The van der Waals surface area contributed by atoms with Gasteiger partial charge in [0.1, 0.15) is 0 Å². The average molecular weight is 779 g/mol. The normalized spacial score (nSPS) is 12.7. The molecule has 12 rings (SSSR count). The quantitative estimate of drug-likeness (QED) is 0.161. The van der Waals surface area contributed by atoms with Gasteiger partial charge < -0.3 is 9.32 Å². The third kappa shape index (κ3) is 5.41. The molecule has 2 heterocycles. The van der Waals surface area contributed by atoms with Gasteiger partial charge >= 0.3 is 0 Å². The smallest absolute Gasteiger partial charge is 0.159 e. The van der Waals surface area contributed by atoms with E-state index < -0.39 is 5.41 Å². The molecule has 0 bridgehead atoms. The predicted molar refractivity (Wildman–Crippen MR) is 252 cm³/mol. The van der Waals surface area contributed by atoms with Crippen LogP contribution >= 0.6 is 0 Å². The van der Waals surface area contributed by atoms with E-state index in [4.69, 9.17) is 9.40 Å². The van der Waals surface area contributed by atoms with Crippen molar-refractivity contribution in [2.45, 2.75) is 5.41 Å². The molecule has 0 N–H and O–H groups in total. The summed E-state index contributed by atoms with van der Waals surface area (Å²) in [6, 6.07) is 81.2. The van der Waals surface area contributed by atoms with Crippen molar-refractivity contribution < 1.29 is 4.42 Å². The zero-order chi connectivity index (χ0) is 40.3. The van der Waals surface area contributed by atoms with E-state index in [-0.39, 0.29) is 0 Å². The highest BCUT2D eigenvalue weighted by molar-refractivity contribution is 6.20. The maximum absolute atomic E-state index is 6.95. The van der Waals surface area contributed by atoms with Crippen molar-refractivity contribution in [2.75, 3.05) is 4.90 Å². The maximum atomic E-state index is 6.95. The molecule has 3 nitrogen and oxygen atoms in total. The van der Waals surface area contributed by atoms with Crippen molar-refractivity contribution >= 4 is 49.9 Å². The van der Waals surface area contributed by atoms with Gasteiger partial charge in [0.25, 0.3) is 0 Å². The molecule has 0 aliphatic heterocycles. The van der Waals surface area contributed by atoms with Gasteiger partial charge in [-0.1, -0.05) is 188 Å². The van der Waals surface area contributed by atoms with E-state index in [1.165, 1.54) is 38.9 Å². The van der Waals surface area contributed by atoms with Crippen molar-refractivity contribution in [3.05, 3.63) is 253 Å². The van der Waals surface area contributed by atoms with E-state index in [9.17, 15) is 0 Å². The molecule has 2 aromatic heterocycles. The van der Waals surface area contributed by atoms with Gasteiger partial charge in [0.05, 0.1) is 28.5 Å². The number of rotatable bonds is 7. The summed E-state index contributed by atoms with van der Waals surface area (Å²) in [6.07, 6.45) is 1.87. The second-order valence-corrected chi connectivity index (χ2v) is 15.8. The average Bonchev–Trinajstić information content (AvgIpc) is 3.87. The molecule has 1 aliphatic rings. The van der Waals surface area contributed by atoms with E-state index in [2.05, 4.69) is 223 Å². The van der Waals surface area contributed by atoms with Crippen molar-refractivity contribution in [3.63, 3.8) is 0 Å². The molecule has 0 fully saturated rings. The molecule has 3 heteroatoms. The van der Waals surface area contributed by atoms with Crippen molar-refractivity contribution in [1.29, 1.82) is 0 Å². The summed E-state index contributed by atoms with van der Waals surface area (Å²) in [7, 11) is 0. The lowest BCUT2D eigenvalue weighted by Crippen LogP contribution is -2.28. The largest absolute Gasteiger partial charge is 0.452 e. The highest BCUT2D eigenvalue weighted by Gasteiger charge is 2.46. The van der Waals surface area contributed by atoms with Crippen LogP contribution in [0.2, 0.25) is 0 Å². The first kappa shape index (κ1) is 35.0. The number of fused-ring (bicyclic) bond motifs is 8. The van der Waals surface area contributed by atoms with Gasteiger partial charge in [0.2, 0.25) is 0 Å². The van der Waals surface area contributed by atoms with Crippen LogP contribution < -0.4 is 4.90 Å². The lowest BCUT2D eigenvalue weighted by Gasteiger charge is -2.35. The fourth-order valence-corrected chi connectivity index (χ4v) is 9.95. The molecular formula is C58H38N2O. The third-order valence-corrected chi connectivity index (χ3v) is 12.6. The van der Waals surface area contributed by atoms with Crippen LogP contribution in [0.3, 0.4) is 0 Å². The molecule has 1 aliphatic carbocycles. The van der Waals surface area contributed by atoms with Gasteiger partial charge in [0, 0.05) is 27.4 Å². The third-order valence-electron chi connectivity index (χ3n) is 12.6. The monoisotopic (exact) mass is 778 g/mol. The predicted octanol–water partition coefficient (Wildman–Crippen LogP) is 15.3. The summed E-state index contributed by atoms with van der Waals surface area (Å²) in [5.74, 6) is 0. The van der Waals surface area contributed by atoms with Gasteiger partial charge in [-0.15, -0.1) is 0 Å². The number of pyridine rings is 1. The number of hydrogen-bond donors (Lipinski definition) is 0. The van der Waals surface area contributed by atoms with Gasteiger partial charge in [0.15, 0.2) is 11.2 Å². The Morgan fingerprint density at radius 2 is 1.00 bits per heavy atom. The summed E-state index contributed by atoms with van der Waals surface area (Å²) in [5.41, 5.74) is 17.0. The van der Waals surface area contributed by atoms with Crippen LogP contribution in [0, 0.1) is 0 Å². The Bertz CT molecular complexity index is 3350. The number of aromatic nitrogens is 1. The highest BCUT2D eigenvalue weighted by Crippen LogP contribution is 2.59. The SMILES string of the molecule is c1ccc(-c2ccc(N(c3cc4c(cc3-c3ccccc3)C(c3ccccc3)(c3ccccc3)c3ccccc3-4)c3cccc4c3oc3cnc5ccccc5c34)cc2)cc1. The second-order valence-electron chi connectivity index (χ2n) is 15.8. The van der Waals surface area contributed by atoms with Crippen LogP contribution in [-0.4, -0.2) is 4.98 Å². The fourth-order valence-electron chi connectivity index (χ4n) is 9.95. The van der Waals surface area contributed by atoms with Crippen LogP contribution in [0.1, 0.15) is 22.3 Å². The maximum Gasteiger partial charge on any atom is 0.159 e. The topological polar surface area (TPSA) is 29.3 Å². The lowest BCUT2D eigenvalue weighted by molar-refractivity contribution is 0.667. The molecule has 0 spiro atoms. The van der Waals surface area contributed by atoms with E-state index >= 15 is 0 Å². The van der Waals surface area contributed by atoms with Crippen molar-refractivity contribution in [1.82, 2.24) is 4.98 Å². The summed E-state index contributed by atoms with van der Waals surface area (Å²) in [6.45, 7) is 0. The Balaban J connectivity index is 1.19. The van der Waals surface area contributed by atoms with E-state index in [0.29, 0.717) is 0 Å². The van der Waals surface area contributed by atoms with Crippen molar-refractivity contribution in [2.24, 2.45) is 0 Å². The molecule has 0 unspecified atom stereocenters. The first-order valence-electron chi connectivity index (χ1n) is 20.9. The minimum Gasteiger partial charge on any atom is -0.452 e. The standard InChI is InChI=1S/C58H38N2O/c1-5-18-39(19-6-1)40-32-34-44(35-33-40)60(53-31-17-28-47-56-46-27-14-16-30-52(46)59-38-55(56)61-57(47)53)54-37-49-45-26-13-15-29-50(45)58(42-22-9-3-10-23-42,43-24-11-4-12-25-43)51(49)36-48(54)41-20-7-2-8-21-41/h1-38H. The number of anilines is 3. The van der Waals surface area contributed by atoms with Gasteiger partial charge in [-0.2, -0.15) is 0 Å². The summed E-state index contributed by atoms with van der Waals surface area (Å²) < 4.78 is 6.95. The van der Waals surface area contributed by atoms with Gasteiger partial charge in [-0.05, 0) is 86.5 Å². The molecule has 0 saturated heterocycles. The first-order valence-corrected chi connectivity index (χ1v) is 20.9. The molecular weight excluding hydrogens is 741 g/mol. The van der Waals surface area contributed by atoms with Crippen LogP contribution in [0.5, 0.6) is 0 Å². The zero-order valence-corrected chi connectivity index (χ0v) is 33.2. The number of para-hydroxylation sites is 2. The number of nitrogens with zero attached hydrogens (tertiary/aromatic N) is 2. The zero-order valence-electron chi connectivity index (χ0n) is 33.2. The van der Waals surface area contributed by atoms with E-state index in [0.717, 1.165) is 66.6 Å². The van der Waals surface area contributed by atoms with Crippen molar-refractivity contribution in [3.8, 4) is 33.4 Å². The molecule has 0 saturated carbocycles. The van der Waals surface area contributed by atoms with Crippen LogP contribution in [0.25, 0.3) is 66.2 Å². The molecule has 0 radical (unpaired) electrons. The Hall–Kier alpha value is -8.01. The summed E-state index contributed by atoms with van der Waals surface area (Å²) in [5, 5.41) is 3.20. The Morgan fingerprint density at radius 1 is 0.410 bits per heavy atom. The van der Waals surface area contributed by atoms with Crippen LogP contribution in [0.4, 0.5) is 17.1 Å². The second kappa shape index (κ2) is 14.1. The Morgan fingerprint density at radius 3 is 1.72 bits per heavy atom. The summed E-state index contributed by atoms with van der Waals surface area (Å²) >= 11 is 0. The minimum absolute atomic E-state index is 0.550. The van der Waals surface area contributed by atoms with E-state index in [1.807, 2.05) is 12.3 Å². The minimum atomic E-state index is -0.550. The number of hydrogen-bond acceptors (Lipinski definition) is 3. The molecule has 9 aromatic carbocycles. The highest BCUT2D eigenvalue weighted by atomic mass is 16.3. The van der Waals surface area contributed by atoms with Gasteiger partial charge in [-0.25, -0.2) is 0 Å². The lowest BCUT2D eigenvalue weighted by atomic mass is 9.67. The Labute approximate surface area is 354 Å². The molecule has 286 valence electrons. The van der Waals surface area contributed by atoms with E-state index in [1.54, 1.807) is 0 Å². The van der Waals surface area contributed by atoms with Crippen LogP contribution in [0.15, 0.2) is 235 Å². The fraction of sp³-hybridized carbons (Fsp3) is 0.0172. The summed E-state index contributed by atoms with van der Waals surface area (Å²) in [4.78, 5) is 7.21. The first-order chi connectivity index (χ1) is 30.3. The van der Waals surface area contributed by atoms with Gasteiger partial charge in [-0.3, -0.25) is 4.98 Å². The Kier molecular flexibility index (Phi) is 8.07.